The number of hydrogen-bond donors (Lipinski definition) is 2. The van der Waals surface area contributed by atoms with Gasteiger partial charge in [0.05, 0.1) is 20.8 Å². The molecule has 30 heavy (non-hydrogen) atoms. The molecule has 6 nitrogen and oxygen atoms in total. The number of amides is 1. The van der Waals surface area contributed by atoms with E-state index in [-0.39, 0.29) is 12.5 Å². The lowest BCUT2D eigenvalue weighted by Crippen LogP contribution is -2.27. The number of rotatable bonds is 10. The Balaban J connectivity index is 1.49. The monoisotopic (exact) mass is 406 g/mol. The third-order valence-electron chi connectivity index (χ3n) is 4.45. The van der Waals surface area contributed by atoms with Gasteiger partial charge in [-0.15, -0.1) is 0 Å². The molecule has 2 N–H and O–H groups in total. The van der Waals surface area contributed by atoms with E-state index >= 15 is 0 Å². The van der Waals surface area contributed by atoms with Crippen LogP contribution in [0.15, 0.2) is 72.8 Å². The Bertz CT molecular complexity index is 960. The fourth-order valence-electron chi connectivity index (χ4n) is 2.94. The van der Waals surface area contributed by atoms with E-state index in [0.717, 1.165) is 22.6 Å². The van der Waals surface area contributed by atoms with Gasteiger partial charge in [0.15, 0.2) is 0 Å². The number of carbonyl (C=O) groups is 1. The van der Waals surface area contributed by atoms with Gasteiger partial charge >= 0.3 is 0 Å². The van der Waals surface area contributed by atoms with Crippen molar-refractivity contribution in [2.45, 2.75) is 13.2 Å². The summed E-state index contributed by atoms with van der Waals surface area (Å²) in [6.07, 6.45) is 0. The lowest BCUT2D eigenvalue weighted by molar-refractivity contribution is -0.115. The fraction of sp³-hybridized carbons (Fsp3) is 0.208. The zero-order valence-electron chi connectivity index (χ0n) is 17.2. The van der Waals surface area contributed by atoms with Gasteiger partial charge in [-0.05, 0) is 35.9 Å². The number of nitrogens with one attached hydrogen (secondary N) is 2. The molecule has 0 radical (unpaired) electrons. The summed E-state index contributed by atoms with van der Waals surface area (Å²) in [6, 6.07) is 22.9. The van der Waals surface area contributed by atoms with Crippen LogP contribution < -0.4 is 24.8 Å². The molecule has 0 aliphatic heterocycles. The Hall–Kier alpha value is -3.51. The lowest BCUT2D eigenvalue weighted by atomic mass is 10.2. The van der Waals surface area contributed by atoms with Crippen molar-refractivity contribution < 1.29 is 19.0 Å². The first-order valence-electron chi connectivity index (χ1n) is 9.66. The highest BCUT2D eigenvalue weighted by molar-refractivity contribution is 5.92. The molecule has 0 unspecified atom stereocenters. The predicted octanol–water partition coefficient (Wildman–Crippen LogP) is 4.01. The third-order valence-corrected chi connectivity index (χ3v) is 4.45. The summed E-state index contributed by atoms with van der Waals surface area (Å²) in [7, 11) is 3.23. The van der Waals surface area contributed by atoms with E-state index in [1.807, 2.05) is 72.8 Å². The van der Waals surface area contributed by atoms with Crippen molar-refractivity contribution in [3.63, 3.8) is 0 Å². The van der Waals surface area contributed by atoms with Crippen molar-refractivity contribution in [2.75, 3.05) is 26.1 Å². The molecule has 0 atom stereocenters. The van der Waals surface area contributed by atoms with E-state index in [0.29, 0.717) is 24.6 Å². The van der Waals surface area contributed by atoms with Crippen LogP contribution >= 0.6 is 0 Å². The van der Waals surface area contributed by atoms with Crippen molar-refractivity contribution in [1.29, 1.82) is 0 Å². The number of ether oxygens (including phenoxy) is 3. The Kier molecular flexibility index (Phi) is 7.69. The Labute approximate surface area is 176 Å². The van der Waals surface area contributed by atoms with Crippen molar-refractivity contribution in [2.24, 2.45) is 0 Å². The molecule has 0 aliphatic carbocycles. The molecule has 0 saturated heterocycles. The average Bonchev–Trinajstić information content (AvgIpc) is 2.78. The topological polar surface area (TPSA) is 68.8 Å². The van der Waals surface area contributed by atoms with E-state index in [4.69, 9.17) is 14.2 Å². The smallest absolute Gasteiger partial charge is 0.238 e. The molecule has 0 aromatic heterocycles. The molecule has 0 saturated carbocycles. The van der Waals surface area contributed by atoms with Crippen molar-refractivity contribution in [3.8, 4) is 17.2 Å². The molecular formula is C24H26N2O4. The number of methoxy groups -OCH3 is 2. The predicted molar refractivity (Wildman–Crippen MR) is 117 cm³/mol. The second-order valence-electron chi connectivity index (χ2n) is 6.63. The molecule has 0 spiro atoms. The first-order chi connectivity index (χ1) is 14.7. The zero-order chi connectivity index (χ0) is 21.2. The van der Waals surface area contributed by atoms with Gasteiger partial charge in [-0.3, -0.25) is 4.79 Å². The molecule has 0 fully saturated rings. The highest BCUT2D eigenvalue weighted by Crippen LogP contribution is 2.23. The van der Waals surface area contributed by atoms with E-state index < -0.39 is 0 Å². The first-order valence-corrected chi connectivity index (χ1v) is 9.66. The second-order valence-corrected chi connectivity index (χ2v) is 6.63. The molecule has 156 valence electrons. The quantitative estimate of drug-likeness (QED) is 0.532. The third kappa shape index (κ3) is 6.25. The van der Waals surface area contributed by atoms with Gasteiger partial charge in [0, 0.05) is 23.9 Å². The summed E-state index contributed by atoms with van der Waals surface area (Å²) >= 11 is 0. The second kappa shape index (κ2) is 10.9. The van der Waals surface area contributed by atoms with Crippen LogP contribution in [0.25, 0.3) is 0 Å². The summed E-state index contributed by atoms with van der Waals surface area (Å²) < 4.78 is 16.4. The van der Waals surface area contributed by atoms with Crippen LogP contribution in [-0.2, 0) is 17.9 Å². The van der Waals surface area contributed by atoms with Crippen LogP contribution in [0.5, 0.6) is 17.2 Å². The van der Waals surface area contributed by atoms with Gasteiger partial charge < -0.3 is 24.8 Å². The standard InChI is InChI=1S/C24H26N2O4/c1-28-21-11-12-23(29-2)19(13-21)15-25-16-24(27)26-20-9-6-10-22(14-20)30-17-18-7-4-3-5-8-18/h3-14,25H,15-17H2,1-2H3,(H,26,27). The van der Waals surface area contributed by atoms with Gasteiger partial charge in [-0.1, -0.05) is 36.4 Å². The van der Waals surface area contributed by atoms with Crippen LogP contribution in [0, 0.1) is 0 Å². The molecule has 1 amide bonds. The van der Waals surface area contributed by atoms with Gasteiger partial charge in [-0.25, -0.2) is 0 Å². The number of hydrogen-bond acceptors (Lipinski definition) is 5. The normalized spacial score (nSPS) is 10.3. The molecule has 3 aromatic carbocycles. The SMILES string of the molecule is COc1ccc(OC)c(CNCC(=O)Nc2cccc(OCc3ccccc3)c2)c1. The van der Waals surface area contributed by atoms with Gasteiger partial charge in [-0.2, -0.15) is 0 Å². The molecule has 3 aromatic rings. The summed E-state index contributed by atoms with van der Waals surface area (Å²) in [5.74, 6) is 2.04. The summed E-state index contributed by atoms with van der Waals surface area (Å²) in [5.41, 5.74) is 2.69. The maximum Gasteiger partial charge on any atom is 0.238 e. The van der Waals surface area contributed by atoms with Crippen molar-refractivity contribution >= 4 is 11.6 Å². The Morgan fingerprint density at radius 1 is 0.867 bits per heavy atom. The van der Waals surface area contributed by atoms with E-state index in [9.17, 15) is 4.79 Å². The highest BCUT2D eigenvalue weighted by Gasteiger charge is 2.07. The minimum Gasteiger partial charge on any atom is -0.497 e. The van der Waals surface area contributed by atoms with Gasteiger partial charge in [0.25, 0.3) is 0 Å². The molecule has 0 aliphatic rings. The Morgan fingerprint density at radius 3 is 2.47 bits per heavy atom. The first kappa shape index (κ1) is 21.2. The minimum atomic E-state index is -0.142. The molecule has 3 rings (SSSR count). The summed E-state index contributed by atoms with van der Waals surface area (Å²) in [4.78, 5) is 12.3. The van der Waals surface area contributed by atoms with Crippen LogP contribution in [0.1, 0.15) is 11.1 Å². The summed E-state index contributed by atoms with van der Waals surface area (Å²) in [5, 5.41) is 6.01. The largest absolute Gasteiger partial charge is 0.497 e. The zero-order valence-corrected chi connectivity index (χ0v) is 17.2. The minimum absolute atomic E-state index is 0.142. The number of benzene rings is 3. The molecule has 0 heterocycles. The van der Waals surface area contributed by atoms with Crippen LogP contribution in [-0.4, -0.2) is 26.7 Å². The van der Waals surface area contributed by atoms with Gasteiger partial charge in [0.2, 0.25) is 5.91 Å². The molecule has 6 heteroatoms. The highest BCUT2D eigenvalue weighted by atomic mass is 16.5. The lowest BCUT2D eigenvalue weighted by Gasteiger charge is -2.12. The summed E-state index contributed by atoms with van der Waals surface area (Å²) in [6.45, 7) is 1.12. The molecular weight excluding hydrogens is 380 g/mol. The van der Waals surface area contributed by atoms with Crippen molar-refractivity contribution in [1.82, 2.24) is 5.32 Å². The molecule has 0 bridgehead atoms. The van der Waals surface area contributed by atoms with E-state index in [1.165, 1.54) is 0 Å². The van der Waals surface area contributed by atoms with E-state index in [2.05, 4.69) is 10.6 Å². The Morgan fingerprint density at radius 2 is 1.70 bits per heavy atom. The van der Waals surface area contributed by atoms with E-state index in [1.54, 1.807) is 14.2 Å². The van der Waals surface area contributed by atoms with Crippen LogP contribution in [0.2, 0.25) is 0 Å². The van der Waals surface area contributed by atoms with Crippen molar-refractivity contribution in [3.05, 3.63) is 83.9 Å². The maximum atomic E-state index is 12.3. The van der Waals surface area contributed by atoms with Crippen LogP contribution in [0.3, 0.4) is 0 Å². The maximum absolute atomic E-state index is 12.3. The van der Waals surface area contributed by atoms with Crippen LogP contribution in [0.4, 0.5) is 5.69 Å². The van der Waals surface area contributed by atoms with Gasteiger partial charge in [0.1, 0.15) is 23.9 Å². The number of anilines is 1. The number of carbonyl (C=O) groups excluding carboxylic acids is 1. The fourth-order valence-corrected chi connectivity index (χ4v) is 2.94. The average molecular weight is 406 g/mol.